The molecule has 1 heterocycles. The van der Waals surface area contributed by atoms with Gasteiger partial charge in [0, 0.05) is 34.0 Å². The first kappa shape index (κ1) is 20.0. The first-order chi connectivity index (χ1) is 13.4. The second kappa shape index (κ2) is 8.54. The first-order valence-corrected chi connectivity index (χ1v) is 9.34. The Morgan fingerprint density at radius 1 is 0.821 bits per heavy atom. The molecule has 2 aromatic carbocycles. The molecule has 8 heteroatoms. The van der Waals surface area contributed by atoms with E-state index in [1.54, 1.807) is 12.1 Å². The Morgan fingerprint density at radius 3 is 1.79 bits per heavy atom. The Kier molecular flexibility index (Phi) is 6.11. The number of rotatable bonds is 5. The van der Waals surface area contributed by atoms with Gasteiger partial charge in [0.25, 0.3) is 5.91 Å². The smallest absolute Gasteiger partial charge is 0.273 e. The lowest BCUT2D eigenvalue weighted by Crippen LogP contribution is -2.56. The fraction of sp³-hybridized carbons (Fsp3) is 0.200. The van der Waals surface area contributed by atoms with Crippen molar-refractivity contribution in [3.8, 4) is 0 Å². The van der Waals surface area contributed by atoms with Crippen LogP contribution < -0.4 is 0 Å². The van der Waals surface area contributed by atoms with Crippen LogP contribution in [0.25, 0.3) is 0 Å². The van der Waals surface area contributed by atoms with Crippen molar-refractivity contribution in [3.05, 3.63) is 69.7 Å². The molecule has 0 radical (unpaired) electrons. The second-order valence-corrected chi connectivity index (χ2v) is 7.13. The quantitative estimate of drug-likeness (QED) is 0.546. The van der Waals surface area contributed by atoms with Gasteiger partial charge in [-0.2, -0.15) is 5.01 Å². The number of nitrogens with zero attached hydrogens (tertiary/aromatic N) is 2. The van der Waals surface area contributed by atoms with E-state index in [1.165, 1.54) is 36.4 Å². The fourth-order valence-electron chi connectivity index (χ4n) is 2.85. The minimum absolute atomic E-state index is 0.130. The van der Waals surface area contributed by atoms with E-state index in [4.69, 9.17) is 23.2 Å². The standard InChI is InChI=1S/C20H16Cl2N2O4/c21-15-8-4-13(5-9-15)17(25)12-23(24-18(26)2-1-3-19(24)27)20(28)14-6-10-16(22)11-7-14/h4-11H,1-3,12H2. The van der Waals surface area contributed by atoms with Gasteiger partial charge in [-0.1, -0.05) is 23.2 Å². The largest absolute Gasteiger partial charge is 0.292 e. The summed E-state index contributed by atoms with van der Waals surface area (Å²) in [6.45, 7) is -0.458. The number of amides is 3. The van der Waals surface area contributed by atoms with Crippen molar-refractivity contribution < 1.29 is 19.2 Å². The number of piperidine rings is 1. The summed E-state index contributed by atoms with van der Waals surface area (Å²) in [4.78, 5) is 50.5. The molecule has 1 fully saturated rings. The zero-order valence-corrected chi connectivity index (χ0v) is 16.2. The number of Topliss-reactive ketones (excluding diaryl/α,β-unsaturated/α-hetero) is 1. The van der Waals surface area contributed by atoms with Crippen molar-refractivity contribution >= 4 is 46.7 Å². The van der Waals surface area contributed by atoms with Gasteiger partial charge in [0.1, 0.15) is 6.54 Å². The van der Waals surface area contributed by atoms with Crippen LogP contribution in [-0.2, 0) is 9.59 Å². The lowest BCUT2D eigenvalue weighted by molar-refractivity contribution is -0.162. The van der Waals surface area contributed by atoms with Crippen LogP contribution in [-0.4, -0.2) is 40.1 Å². The lowest BCUT2D eigenvalue weighted by atomic mass is 10.1. The molecule has 3 rings (SSSR count). The molecule has 2 aromatic rings. The van der Waals surface area contributed by atoms with Gasteiger partial charge in [0.15, 0.2) is 5.78 Å². The van der Waals surface area contributed by atoms with Gasteiger partial charge < -0.3 is 0 Å². The monoisotopic (exact) mass is 418 g/mol. The Morgan fingerprint density at radius 2 is 1.29 bits per heavy atom. The average Bonchev–Trinajstić information content (AvgIpc) is 2.67. The van der Waals surface area contributed by atoms with Crippen LogP contribution in [0.4, 0.5) is 0 Å². The minimum Gasteiger partial charge on any atom is -0.292 e. The van der Waals surface area contributed by atoms with E-state index in [0.717, 1.165) is 10.0 Å². The van der Waals surface area contributed by atoms with E-state index in [0.29, 0.717) is 22.0 Å². The third kappa shape index (κ3) is 4.40. The van der Waals surface area contributed by atoms with Crippen molar-refractivity contribution in [1.29, 1.82) is 0 Å². The maximum atomic E-state index is 13.0. The molecule has 6 nitrogen and oxygen atoms in total. The predicted molar refractivity (Wildman–Crippen MR) is 104 cm³/mol. The third-order valence-corrected chi connectivity index (χ3v) is 4.78. The van der Waals surface area contributed by atoms with Gasteiger partial charge in [-0.3, -0.25) is 19.2 Å². The minimum atomic E-state index is -0.636. The molecular weight excluding hydrogens is 403 g/mol. The molecular formula is C20H16Cl2N2O4. The van der Waals surface area contributed by atoms with Crippen LogP contribution in [0.15, 0.2) is 48.5 Å². The van der Waals surface area contributed by atoms with Crippen LogP contribution >= 0.6 is 23.2 Å². The molecule has 0 N–H and O–H groups in total. The van der Waals surface area contributed by atoms with Crippen LogP contribution in [0.1, 0.15) is 40.0 Å². The van der Waals surface area contributed by atoms with Crippen molar-refractivity contribution in [2.75, 3.05) is 6.54 Å². The van der Waals surface area contributed by atoms with Crippen molar-refractivity contribution in [3.63, 3.8) is 0 Å². The molecule has 0 aliphatic carbocycles. The highest BCUT2D eigenvalue weighted by molar-refractivity contribution is 6.31. The Hall–Kier alpha value is -2.70. The van der Waals surface area contributed by atoms with Crippen molar-refractivity contribution in [2.45, 2.75) is 19.3 Å². The van der Waals surface area contributed by atoms with Crippen LogP contribution in [0.3, 0.4) is 0 Å². The van der Waals surface area contributed by atoms with Crippen molar-refractivity contribution in [2.24, 2.45) is 0 Å². The summed E-state index contributed by atoms with van der Waals surface area (Å²) in [5.41, 5.74) is 0.523. The summed E-state index contributed by atoms with van der Waals surface area (Å²) in [6.07, 6.45) is 0.679. The number of halogens is 2. The van der Waals surface area contributed by atoms with Gasteiger partial charge in [0.2, 0.25) is 11.8 Å². The number of carbonyl (C=O) groups is 4. The van der Waals surface area contributed by atoms with E-state index in [1.807, 2.05) is 0 Å². The number of ketones is 1. The third-order valence-electron chi connectivity index (χ3n) is 4.28. The first-order valence-electron chi connectivity index (χ1n) is 8.58. The number of hydrogen-bond donors (Lipinski definition) is 0. The number of imide groups is 1. The molecule has 0 aromatic heterocycles. The Bertz CT molecular complexity index is 910. The summed E-state index contributed by atoms with van der Waals surface area (Å²) in [5.74, 6) is -2.09. The molecule has 28 heavy (non-hydrogen) atoms. The molecule has 1 aliphatic heterocycles. The van der Waals surface area contributed by atoms with E-state index in [2.05, 4.69) is 0 Å². The van der Waals surface area contributed by atoms with E-state index < -0.39 is 30.0 Å². The summed E-state index contributed by atoms with van der Waals surface area (Å²) < 4.78 is 0. The fourth-order valence-corrected chi connectivity index (χ4v) is 3.10. The second-order valence-electron chi connectivity index (χ2n) is 6.25. The highest BCUT2D eigenvalue weighted by atomic mass is 35.5. The molecule has 0 spiro atoms. The number of hydrazine groups is 1. The maximum Gasteiger partial charge on any atom is 0.273 e. The van der Waals surface area contributed by atoms with Crippen LogP contribution in [0.5, 0.6) is 0 Å². The van der Waals surface area contributed by atoms with Gasteiger partial charge in [-0.25, -0.2) is 5.01 Å². The van der Waals surface area contributed by atoms with Crippen LogP contribution in [0, 0.1) is 0 Å². The lowest BCUT2D eigenvalue weighted by Gasteiger charge is -2.35. The SMILES string of the molecule is O=C(CN(C(=O)c1ccc(Cl)cc1)N1C(=O)CCCC1=O)c1ccc(Cl)cc1. The normalized spacial score (nSPS) is 14.1. The maximum absolute atomic E-state index is 13.0. The van der Waals surface area contributed by atoms with E-state index >= 15 is 0 Å². The van der Waals surface area contributed by atoms with Gasteiger partial charge in [0.05, 0.1) is 0 Å². The van der Waals surface area contributed by atoms with Gasteiger partial charge >= 0.3 is 0 Å². The molecule has 1 saturated heterocycles. The molecule has 0 saturated carbocycles. The van der Waals surface area contributed by atoms with Crippen LogP contribution in [0.2, 0.25) is 10.0 Å². The number of carbonyl (C=O) groups excluding carboxylic acids is 4. The molecule has 144 valence electrons. The molecule has 0 unspecified atom stereocenters. The van der Waals surface area contributed by atoms with E-state index in [-0.39, 0.29) is 18.4 Å². The topological polar surface area (TPSA) is 74.8 Å². The zero-order valence-electron chi connectivity index (χ0n) is 14.7. The summed E-state index contributed by atoms with van der Waals surface area (Å²) in [7, 11) is 0. The predicted octanol–water partition coefficient (Wildman–Crippen LogP) is 3.77. The summed E-state index contributed by atoms with van der Waals surface area (Å²) >= 11 is 11.7. The molecule has 0 bridgehead atoms. The molecule has 0 atom stereocenters. The molecule has 1 aliphatic rings. The number of benzene rings is 2. The summed E-state index contributed by atoms with van der Waals surface area (Å²) in [5, 5.41) is 2.59. The van der Waals surface area contributed by atoms with Gasteiger partial charge in [-0.05, 0) is 55.0 Å². The Balaban J connectivity index is 1.93. The van der Waals surface area contributed by atoms with E-state index in [9.17, 15) is 19.2 Å². The van der Waals surface area contributed by atoms with Gasteiger partial charge in [-0.15, -0.1) is 0 Å². The Labute approximate surface area is 171 Å². The average molecular weight is 419 g/mol. The molecule has 3 amide bonds. The number of hydrogen-bond acceptors (Lipinski definition) is 4. The highest BCUT2D eigenvalue weighted by Gasteiger charge is 2.36. The zero-order chi connectivity index (χ0) is 20.3. The summed E-state index contributed by atoms with van der Waals surface area (Å²) in [6, 6.07) is 12.1. The highest BCUT2D eigenvalue weighted by Crippen LogP contribution is 2.20. The van der Waals surface area contributed by atoms with Crippen molar-refractivity contribution in [1.82, 2.24) is 10.0 Å².